The van der Waals surface area contributed by atoms with Crippen LogP contribution < -0.4 is 5.32 Å². The van der Waals surface area contributed by atoms with Crippen LogP contribution in [0.1, 0.15) is 47.5 Å². The van der Waals surface area contributed by atoms with E-state index >= 15 is 0 Å². The number of carbonyl (C=O) groups excluding carboxylic acids is 1. The number of allylic oxidation sites excluding steroid dienone is 2. The number of Topliss-reactive ketones (excluding diaryl/α,β-unsaturated/α-hetero) is 1. The van der Waals surface area contributed by atoms with Gasteiger partial charge in [0, 0.05) is 13.5 Å². The molecule has 15 heavy (non-hydrogen) atoms. The maximum absolute atomic E-state index is 11.4. The summed E-state index contributed by atoms with van der Waals surface area (Å²) >= 11 is 0. The molecule has 0 atom stereocenters. The van der Waals surface area contributed by atoms with Gasteiger partial charge < -0.3 is 10.1 Å². The van der Waals surface area contributed by atoms with Crippen LogP contribution in [-0.2, 0) is 9.53 Å². The number of ketones is 1. The van der Waals surface area contributed by atoms with Gasteiger partial charge in [-0.1, -0.05) is 13.8 Å². The summed E-state index contributed by atoms with van der Waals surface area (Å²) in [7, 11) is 0. The van der Waals surface area contributed by atoms with Gasteiger partial charge in [0.15, 0.2) is 11.5 Å². The van der Waals surface area contributed by atoms with Crippen LogP contribution >= 0.6 is 0 Å². The molecular weight excluding hydrogens is 190 g/mol. The van der Waals surface area contributed by atoms with Crippen molar-refractivity contribution in [3.63, 3.8) is 0 Å². The molecule has 0 unspecified atom stereocenters. The Kier molecular flexibility index (Phi) is 6.84. The monoisotopic (exact) mass is 213 g/mol. The lowest BCUT2D eigenvalue weighted by atomic mass is 10.2. The van der Waals surface area contributed by atoms with Crippen LogP contribution in [0, 0.1) is 0 Å². The van der Waals surface area contributed by atoms with E-state index in [9.17, 15) is 4.79 Å². The quantitative estimate of drug-likeness (QED) is 0.522. The van der Waals surface area contributed by atoms with Gasteiger partial charge in [0.2, 0.25) is 0 Å². The maximum Gasteiger partial charge on any atom is 0.196 e. The first-order valence-corrected chi connectivity index (χ1v) is 5.69. The lowest BCUT2D eigenvalue weighted by Gasteiger charge is -2.19. The predicted molar refractivity (Wildman–Crippen MR) is 62.5 cm³/mol. The summed E-state index contributed by atoms with van der Waals surface area (Å²) in [6.07, 6.45) is 1.98. The number of carbonyl (C=O) groups is 1. The average molecular weight is 213 g/mol. The molecule has 0 fully saturated rings. The normalized spacial score (nSPS) is 12.4. The fourth-order valence-electron chi connectivity index (χ4n) is 1.40. The van der Waals surface area contributed by atoms with Gasteiger partial charge in [-0.3, -0.25) is 4.79 Å². The standard InChI is InChI=1S/C12H23NO2/c1-6-11(7-2)15-12(10(5)14)9(4)13-8-3/h11,13H,6-8H2,1-5H3/b12-9-. The van der Waals surface area contributed by atoms with Crippen LogP contribution in [0.5, 0.6) is 0 Å². The van der Waals surface area contributed by atoms with Gasteiger partial charge in [-0.2, -0.15) is 0 Å². The summed E-state index contributed by atoms with van der Waals surface area (Å²) in [5.41, 5.74) is 0.830. The van der Waals surface area contributed by atoms with E-state index in [4.69, 9.17) is 4.74 Å². The molecule has 0 aromatic heterocycles. The Morgan fingerprint density at radius 3 is 2.07 bits per heavy atom. The molecular formula is C12H23NO2. The molecule has 0 aliphatic rings. The summed E-state index contributed by atoms with van der Waals surface area (Å²) < 4.78 is 5.69. The topological polar surface area (TPSA) is 38.3 Å². The van der Waals surface area contributed by atoms with Gasteiger partial charge in [0.1, 0.15) is 0 Å². The second kappa shape index (κ2) is 7.32. The summed E-state index contributed by atoms with van der Waals surface area (Å²) in [4.78, 5) is 11.4. The average Bonchev–Trinajstić information content (AvgIpc) is 2.19. The number of rotatable bonds is 7. The summed E-state index contributed by atoms with van der Waals surface area (Å²) in [5.74, 6) is 0.464. The summed E-state index contributed by atoms with van der Waals surface area (Å²) in [6.45, 7) is 10.3. The van der Waals surface area contributed by atoms with Crippen LogP contribution in [0.25, 0.3) is 0 Å². The van der Waals surface area contributed by atoms with Gasteiger partial charge >= 0.3 is 0 Å². The van der Waals surface area contributed by atoms with Crippen molar-refractivity contribution in [3.8, 4) is 0 Å². The highest BCUT2D eigenvalue weighted by Gasteiger charge is 2.14. The van der Waals surface area contributed by atoms with Crippen LogP contribution in [-0.4, -0.2) is 18.4 Å². The molecule has 1 N–H and O–H groups in total. The first kappa shape index (κ1) is 14.0. The highest BCUT2D eigenvalue weighted by molar-refractivity contribution is 5.91. The second-order valence-corrected chi connectivity index (χ2v) is 3.60. The Labute approximate surface area is 92.9 Å². The Bertz CT molecular complexity index is 230. The minimum atomic E-state index is -0.0136. The fraction of sp³-hybridized carbons (Fsp3) is 0.750. The van der Waals surface area contributed by atoms with Gasteiger partial charge in [0.25, 0.3) is 0 Å². The highest BCUT2D eigenvalue weighted by Crippen LogP contribution is 2.13. The van der Waals surface area contributed by atoms with E-state index in [0.717, 1.165) is 25.1 Å². The molecule has 0 aliphatic heterocycles. The smallest absolute Gasteiger partial charge is 0.196 e. The SMILES string of the molecule is CCN/C(C)=C(\OC(CC)CC)C(C)=O. The van der Waals surface area contributed by atoms with Crippen molar-refractivity contribution in [1.29, 1.82) is 0 Å². The van der Waals surface area contributed by atoms with Crippen molar-refractivity contribution < 1.29 is 9.53 Å². The van der Waals surface area contributed by atoms with Crippen molar-refractivity contribution in [2.75, 3.05) is 6.54 Å². The third-order valence-corrected chi connectivity index (χ3v) is 2.30. The Morgan fingerprint density at radius 2 is 1.73 bits per heavy atom. The zero-order valence-corrected chi connectivity index (χ0v) is 10.5. The highest BCUT2D eigenvalue weighted by atomic mass is 16.5. The number of hydrogen-bond donors (Lipinski definition) is 1. The largest absolute Gasteiger partial charge is 0.485 e. The van der Waals surface area contributed by atoms with Crippen LogP contribution in [0.2, 0.25) is 0 Å². The minimum absolute atomic E-state index is 0.0136. The van der Waals surface area contributed by atoms with Gasteiger partial charge in [-0.25, -0.2) is 0 Å². The van der Waals surface area contributed by atoms with Crippen LogP contribution in [0.3, 0.4) is 0 Å². The molecule has 0 saturated heterocycles. The van der Waals surface area contributed by atoms with E-state index in [1.807, 2.05) is 13.8 Å². The van der Waals surface area contributed by atoms with E-state index in [1.54, 1.807) is 6.92 Å². The lowest BCUT2D eigenvalue weighted by Crippen LogP contribution is -2.20. The van der Waals surface area contributed by atoms with E-state index < -0.39 is 0 Å². The van der Waals surface area contributed by atoms with Crippen molar-refractivity contribution in [1.82, 2.24) is 5.32 Å². The molecule has 3 nitrogen and oxygen atoms in total. The molecule has 0 amide bonds. The number of nitrogens with one attached hydrogen (secondary N) is 1. The van der Waals surface area contributed by atoms with Crippen molar-refractivity contribution in [2.24, 2.45) is 0 Å². The summed E-state index contributed by atoms with van der Waals surface area (Å²) in [5, 5.41) is 3.11. The zero-order chi connectivity index (χ0) is 11.8. The number of ether oxygens (including phenoxy) is 1. The van der Waals surface area contributed by atoms with Gasteiger partial charge in [-0.05, 0) is 26.7 Å². The van der Waals surface area contributed by atoms with E-state index in [0.29, 0.717) is 5.76 Å². The molecule has 88 valence electrons. The molecule has 0 aromatic carbocycles. The van der Waals surface area contributed by atoms with Crippen molar-refractivity contribution >= 4 is 5.78 Å². The molecule has 0 saturated carbocycles. The maximum atomic E-state index is 11.4. The van der Waals surface area contributed by atoms with E-state index in [2.05, 4.69) is 19.2 Å². The molecule has 0 heterocycles. The molecule has 0 aliphatic carbocycles. The van der Waals surface area contributed by atoms with Crippen LogP contribution in [0.4, 0.5) is 0 Å². The molecule has 3 heteroatoms. The molecule has 0 spiro atoms. The summed E-state index contributed by atoms with van der Waals surface area (Å²) in [6, 6.07) is 0. The first-order valence-electron chi connectivity index (χ1n) is 5.69. The van der Waals surface area contributed by atoms with E-state index in [-0.39, 0.29) is 11.9 Å². The Balaban J connectivity index is 4.66. The molecule has 0 bridgehead atoms. The zero-order valence-electron chi connectivity index (χ0n) is 10.5. The lowest BCUT2D eigenvalue weighted by molar-refractivity contribution is -0.118. The first-order chi connectivity index (χ1) is 7.06. The Morgan fingerprint density at radius 1 is 1.20 bits per heavy atom. The Hall–Kier alpha value is -0.990. The van der Waals surface area contributed by atoms with Gasteiger partial charge in [-0.15, -0.1) is 0 Å². The third kappa shape index (κ3) is 4.86. The third-order valence-electron chi connectivity index (χ3n) is 2.30. The number of hydrogen-bond acceptors (Lipinski definition) is 3. The molecule has 0 aromatic rings. The molecule has 0 rings (SSSR count). The minimum Gasteiger partial charge on any atom is -0.485 e. The van der Waals surface area contributed by atoms with Crippen molar-refractivity contribution in [2.45, 2.75) is 53.6 Å². The molecule has 0 radical (unpaired) electrons. The van der Waals surface area contributed by atoms with Crippen LogP contribution in [0.15, 0.2) is 11.5 Å². The predicted octanol–water partition coefficient (Wildman–Crippen LogP) is 2.62. The fourth-order valence-corrected chi connectivity index (χ4v) is 1.40. The van der Waals surface area contributed by atoms with Gasteiger partial charge in [0.05, 0.1) is 11.8 Å². The second-order valence-electron chi connectivity index (χ2n) is 3.60. The van der Waals surface area contributed by atoms with Crippen molar-refractivity contribution in [3.05, 3.63) is 11.5 Å². The van der Waals surface area contributed by atoms with E-state index in [1.165, 1.54) is 0 Å².